The smallest absolute Gasteiger partial charge is 0.355 e. The monoisotopic (exact) mass is 343 g/mol. The number of nitrogens with one attached hydrogen (secondary N) is 1. The number of carbonyl (C=O) groups is 2. The van der Waals surface area contributed by atoms with Gasteiger partial charge < -0.3 is 9.72 Å². The van der Waals surface area contributed by atoms with Crippen LogP contribution in [-0.4, -0.2) is 35.4 Å². The molecule has 5 heteroatoms. The number of fused-ring (bicyclic) bond motifs is 1. The second-order valence-corrected chi connectivity index (χ2v) is 7.03. The van der Waals surface area contributed by atoms with E-state index in [1.54, 1.807) is 11.8 Å². The molecule has 0 spiro atoms. The summed E-state index contributed by atoms with van der Waals surface area (Å²) in [5.74, 6) is 0.645. The van der Waals surface area contributed by atoms with Gasteiger partial charge in [-0.15, -0.1) is 0 Å². The summed E-state index contributed by atoms with van der Waals surface area (Å²) in [6, 6.07) is 10.1. The van der Waals surface area contributed by atoms with Crippen LogP contribution in [0.4, 0.5) is 0 Å². The van der Waals surface area contributed by atoms with Crippen molar-refractivity contribution in [3.8, 4) is 0 Å². The molecule has 1 aliphatic rings. The quantitative estimate of drug-likeness (QED) is 0.663. The average Bonchev–Trinajstić information content (AvgIpc) is 2.93. The number of H-pyrrole nitrogens is 1. The van der Waals surface area contributed by atoms with E-state index in [4.69, 9.17) is 4.74 Å². The second-order valence-electron chi connectivity index (χ2n) is 6.05. The summed E-state index contributed by atoms with van der Waals surface area (Å²) in [4.78, 5) is 28.0. The van der Waals surface area contributed by atoms with Gasteiger partial charge in [-0.25, -0.2) is 4.79 Å². The Balaban J connectivity index is 1.84. The normalized spacial score (nSPS) is 16.8. The average molecular weight is 343 g/mol. The highest BCUT2D eigenvalue weighted by atomic mass is 32.2. The number of thioether (sulfide) groups is 1. The summed E-state index contributed by atoms with van der Waals surface area (Å²) in [5.41, 5.74) is 3.83. The summed E-state index contributed by atoms with van der Waals surface area (Å²) >= 11 is 1.63. The van der Waals surface area contributed by atoms with Gasteiger partial charge in [0.1, 0.15) is 12.3 Å². The molecule has 0 saturated heterocycles. The van der Waals surface area contributed by atoms with Crippen molar-refractivity contribution < 1.29 is 14.3 Å². The number of esters is 1. The number of aromatic amines is 1. The Bertz CT molecular complexity index is 751. The molecular formula is C19H21NO3S. The Hall–Kier alpha value is -2.01. The van der Waals surface area contributed by atoms with Crippen LogP contribution in [0.15, 0.2) is 30.3 Å². The van der Waals surface area contributed by atoms with Crippen LogP contribution in [0.3, 0.4) is 0 Å². The molecule has 4 nitrogen and oxygen atoms in total. The highest BCUT2D eigenvalue weighted by Gasteiger charge is 2.32. The first kappa shape index (κ1) is 16.8. The highest BCUT2D eigenvalue weighted by molar-refractivity contribution is 7.98. The SMILES string of the molecule is CSCCOC(=O)c1[nH]c2c(c1C)C(=O)CC(c1ccccc1)C2. The molecule has 1 aromatic carbocycles. The number of aromatic nitrogens is 1. The number of Topliss-reactive ketones (excluding diaryl/α,β-unsaturated/α-hetero) is 1. The third-order valence-corrected chi connectivity index (χ3v) is 5.06. The van der Waals surface area contributed by atoms with Gasteiger partial charge >= 0.3 is 5.97 Å². The number of hydrogen-bond donors (Lipinski definition) is 1. The fourth-order valence-electron chi connectivity index (χ4n) is 3.29. The second kappa shape index (κ2) is 7.26. The lowest BCUT2D eigenvalue weighted by atomic mass is 9.81. The lowest BCUT2D eigenvalue weighted by Crippen LogP contribution is -2.18. The van der Waals surface area contributed by atoms with Gasteiger partial charge in [-0.2, -0.15) is 11.8 Å². The van der Waals surface area contributed by atoms with E-state index in [0.29, 0.717) is 24.3 Å². The van der Waals surface area contributed by atoms with Crippen molar-refractivity contribution in [3.63, 3.8) is 0 Å². The Morgan fingerprint density at radius 2 is 2.04 bits per heavy atom. The van der Waals surface area contributed by atoms with E-state index in [2.05, 4.69) is 17.1 Å². The minimum Gasteiger partial charge on any atom is -0.460 e. The molecular weight excluding hydrogens is 322 g/mol. The summed E-state index contributed by atoms with van der Waals surface area (Å²) in [6.07, 6.45) is 3.19. The Labute approximate surface area is 146 Å². The van der Waals surface area contributed by atoms with E-state index in [1.165, 1.54) is 0 Å². The van der Waals surface area contributed by atoms with Gasteiger partial charge in [-0.1, -0.05) is 30.3 Å². The number of ketones is 1. The Morgan fingerprint density at radius 3 is 2.75 bits per heavy atom. The van der Waals surface area contributed by atoms with Crippen molar-refractivity contribution in [3.05, 3.63) is 58.4 Å². The van der Waals surface area contributed by atoms with Crippen molar-refractivity contribution in [2.24, 2.45) is 0 Å². The standard InChI is InChI=1S/C19H21NO3S/c1-12-17-15(20-18(12)19(22)23-8-9-24-2)10-14(11-16(17)21)13-6-4-3-5-7-13/h3-7,14,20H,8-11H2,1-2H3. The molecule has 1 heterocycles. The largest absolute Gasteiger partial charge is 0.460 e. The third-order valence-electron chi connectivity index (χ3n) is 4.48. The summed E-state index contributed by atoms with van der Waals surface area (Å²) < 4.78 is 5.27. The van der Waals surface area contributed by atoms with E-state index >= 15 is 0 Å². The van der Waals surface area contributed by atoms with Crippen molar-refractivity contribution in [2.75, 3.05) is 18.6 Å². The molecule has 0 amide bonds. The van der Waals surface area contributed by atoms with Crippen LogP contribution in [-0.2, 0) is 11.2 Å². The van der Waals surface area contributed by atoms with Gasteiger partial charge in [0, 0.05) is 23.4 Å². The predicted octanol–water partition coefficient (Wildman–Crippen LogP) is 3.76. The molecule has 2 aromatic rings. The van der Waals surface area contributed by atoms with E-state index in [0.717, 1.165) is 29.0 Å². The van der Waals surface area contributed by atoms with Gasteiger partial charge in [0.15, 0.2) is 5.78 Å². The first-order chi connectivity index (χ1) is 11.6. The molecule has 0 aliphatic heterocycles. The molecule has 0 saturated carbocycles. The maximum atomic E-state index is 12.6. The fourth-order valence-corrected chi connectivity index (χ4v) is 3.54. The lowest BCUT2D eigenvalue weighted by molar-refractivity contribution is 0.0523. The number of hydrogen-bond acceptors (Lipinski definition) is 4. The molecule has 0 bridgehead atoms. The highest BCUT2D eigenvalue weighted by Crippen LogP contribution is 2.35. The van der Waals surface area contributed by atoms with Crippen molar-refractivity contribution in [2.45, 2.75) is 25.7 Å². The van der Waals surface area contributed by atoms with Gasteiger partial charge in [-0.3, -0.25) is 4.79 Å². The molecule has 0 radical (unpaired) electrons. The Kier molecular flexibility index (Phi) is 5.09. The van der Waals surface area contributed by atoms with E-state index in [1.807, 2.05) is 31.4 Å². The summed E-state index contributed by atoms with van der Waals surface area (Å²) in [7, 11) is 0. The minimum atomic E-state index is -0.375. The molecule has 1 aliphatic carbocycles. The van der Waals surface area contributed by atoms with Crippen molar-refractivity contribution in [1.82, 2.24) is 4.98 Å². The lowest BCUT2D eigenvalue weighted by Gasteiger charge is -2.22. The van der Waals surface area contributed by atoms with Crippen LogP contribution in [0.5, 0.6) is 0 Å². The van der Waals surface area contributed by atoms with Gasteiger partial charge in [0.05, 0.1) is 0 Å². The van der Waals surface area contributed by atoms with Gasteiger partial charge in [-0.05, 0) is 36.6 Å². The first-order valence-corrected chi connectivity index (χ1v) is 9.46. The minimum absolute atomic E-state index is 0.0991. The zero-order chi connectivity index (χ0) is 17.1. The zero-order valence-electron chi connectivity index (χ0n) is 13.9. The molecule has 126 valence electrons. The van der Waals surface area contributed by atoms with Crippen LogP contribution in [0.1, 0.15) is 50.0 Å². The molecule has 1 unspecified atom stereocenters. The maximum Gasteiger partial charge on any atom is 0.355 e. The number of ether oxygens (including phenoxy) is 1. The predicted molar refractivity (Wildman–Crippen MR) is 96.0 cm³/mol. The molecule has 3 rings (SSSR count). The molecule has 1 N–H and O–H groups in total. The Morgan fingerprint density at radius 1 is 1.29 bits per heavy atom. The first-order valence-electron chi connectivity index (χ1n) is 8.07. The molecule has 1 atom stereocenters. The van der Waals surface area contributed by atoms with Gasteiger partial charge in [0.2, 0.25) is 0 Å². The maximum absolute atomic E-state index is 12.6. The number of rotatable bonds is 5. The molecule has 24 heavy (non-hydrogen) atoms. The van der Waals surface area contributed by atoms with Gasteiger partial charge in [0.25, 0.3) is 0 Å². The van der Waals surface area contributed by atoms with Crippen LogP contribution >= 0.6 is 11.8 Å². The van der Waals surface area contributed by atoms with Crippen LogP contribution in [0, 0.1) is 6.92 Å². The van der Waals surface area contributed by atoms with Crippen molar-refractivity contribution in [1.29, 1.82) is 0 Å². The van der Waals surface area contributed by atoms with Crippen molar-refractivity contribution >= 4 is 23.5 Å². The van der Waals surface area contributed by atoms with E-state index in [9.17, 15) is 9.59 Å². The van der Waals surface area contributed by atoms with Crippen LogP contribution < -0.4 is 0 Å². The zero-order valence-corrected chi connectivity index (χ0v) is 14.7. The fraction of sp³-hybridized carbons (Fsp3) is 0.368. The molecule has 1 aromatic heterocycles. The van der Waals surface area contributed by atoms with E-state index in [-0.39, 0.29) is 17.7 Å². The summed E-state index contributed by atoms with van der Waals surface area (Å²) in [6.45, 7) is 2.20. The third kappa shape index (κ3) is 3.26. The summed E-state index contributed by atoms with van der Waals surface area (Å²) in [5, 5.41) is 0. The van der Waals surface area contributed by atoms with Crippen LogP contribution in [0.2, 0.25) is 0 Å². The van der Waals surface area contributed by atoms with Crippen LogP contribution in [0.25, 0.3) is 0 Å². The van der Waals surface area contributed by atoms with E-state index < -0.39 is 0 Å². The number of carbonyl (C=O) groups excluding carboxylic acids is 2. The number of benzene rings is 1. The molecule has 0 fully saturated rings. The topological polar surface area (TPSA) is 59.2 Å².